The van der Waals surface area contributed by atoms with Gasteiger partial charge < -0.3 is 10.3 Å². The number of aromatic nitrogens is 1. The fourth-order valence-corrected chi connectivity index (χ4v) is 1.54. The van der Waals surface area contributed by atoms with E-state index >= 15 is 0 Å². The van der Waals surface area contributed by atoms with Crippen molar-refractivity contribution in [2.45, 2.75) is 32.1 Å². The molecular weight excluding hydrogens is 168 g/mol. The Kier molecular flexibility index (Phi) is 1.49. The van der Waals surface area contributed by atoms with Gasteiger partial charge in [0.05, 0.1) is 0 Å². The molecule has 0 radical (unpaired) electrons. The molecule has 4 nitrogen and oxygen atoms in total. The Bertz CT molecular complexity index is 364. The number of amides is 1. The molecule has 4 heteroatoms. The second-order valence-electron chi connectivity index (χ2n) is 3.91. The maximum Gasteiger partial charge on any atom is 0.271 e. The maximum absolute atomic E-state index is 10.9. The Morgan fingerprint density at radius 1 is 1.62 bits per heavy atom. The molecule has 1 aliphatic carbocycles. The fourth-order valence-electron chi connectivity index (χ4n) is 1.54. The highest BCUT2D eigenvalue weighted by molar-refractivity contribution is 5.92. The Morgan fingerprint density at radius 2 is 2.23 bits per heavy atom. The summed E-state index contributed by atoms with van der Waals surface area (Å²) in [5.41, 5.74) is 6.30. The van der Waals surface area contributed by atoms with Gasteiger partial charge in [-0.2, -0.15) is 0 Å². The minimum atomic E-state index is -0.517. The molecule has 1 aromatic heterocycles. The van der Waals surface area contributed by atoms with Crippen LogP contribution >= 0.6 is 0 Å². The molecule has 1 amide bonds. The van der Waals surface area contributed by atoms with Crippen LogP contribution in [0.1, 0.15) is 41.6 Å². The van der Waals surface area contributed by atoms with Crippen LogP contribution in [0, 0.1) is 6.92 Å². The van der Waals surface area contributed by atoms with E-state index in [9.17, 15) is 4.79 Å². The van der Waals surface area contributed by atoms with E-state index in [1.165, 1.54) is 0 Å². The van der Waals surface area contributed by atoms with Crippen LogP contribution in [0.2, 0.25) is 0 Å². The molecule has 0 saturated heterocycles. The number of nitrogens with zero attached hydrogens (tertiary/aromatic N) is 1. The summed E-state index contributed by atoms with van der Waals surface area (Å²) >= 11 is 0. The van der Waals surface area contributed by atoms with Crippen molar-refractivity contribution in [3.8, 4) is 0 Å². The third-order valence-electron chi connectivity index (χ3n) is 2.71. The second-order valence-corrected chi connectivity index (χ2v) is 3.91. The highest BCUT2D eigenvalue weighted by Gasteiger charge is 2.44. The van der Waals surface area contributed by atoms with Crippen molar-refractivity contribution >= 4 is 5.91 Å². The van der Waals surface area contributed by atoms with Crippen molar-refractivity contribution < 1.29 is 9.32 Å². The smallest absolute Gasteiger partial charge is 0.271 e. The van der Waals surface area contributed by atoms with E-state index in [0.717, 1.165) is 24.2 Å². The molecule has 1 aliphatic rings. The van der Waals surface area contributed by atoms with Crippen molar-refractivity contribution in [2.24, 2.45) is 5.73 Å². The quantitative estimate of drug-likeness (QED) is 0.741. The van der Waals surface area contributed by atoms with Crippen molar-refractivity contribution in [2.75, 3.05) is 0 Å². The average molecular weight is 180 g/mol. The first kappa shape index (κ1) is 8.29. The lowest BCUT2D eigenvalue weighted by atomic mass is 10.0. The van der Waals surface area contributed by atoms with Crippen molar-refractivity contribution in [1.29, 1.82) is 0 Å². The van der Waals surface area contributed by atoms with Gasteiger partial charge in [-0.3, -0.25) is 4.79 Å². The Labute approximate surface area is 76.1 Å². The van der Waals surface area contributed by atoms with Gasteiger partial charge in [-0.15, -0.1) is 0 Å². The van der Waals surface area contributed by atoms with Crippen LogP contribution in [0.5, 0.6) is 0 Å². The summed E-state index contributed by atoms with van der Waals surface area (Å²) in [5, 5.41) is 3.67. The summed E-state index contributed by atoms with van der Waals surface area (Å²) in [7, 11) is 0. The van der Waals surface area contributed by atoms with Crippen LogP contribution in [0.15, 0.2) is 4.52 Å². The van der Waals surface area contributed by atoms with Crippen molar-refractivity contribution in [3.63, 3.8) is 0 Å². The fraction of sp³-hybridized carbons (Fsp3) is 0.556. The molecule has 0 unspecified atom stereocenters. The van der Waals surface area contributed by atoms with E-state index in [-0.39, 0.29) is 11.1 Å². The molecule has 1 saturated carbocycles. The summed E-state index contributed by atoms with van der Waals surface area (Å²) in [4.78, 5) is 10.9. The van der Waals surface area contributed by atoms with Gasteiger partial charge >= 0.3 is 0 Å². The predicted octanol–water partition coefficient (Wildman–Crippen LogP) is 1.13. The third kappa shape index (κ3) is 1.13. The largest absolute Gasteiger partial charge is 0.364 e. The standard InChI is InChI=1S/C9H12N2O2/c1-5-6(8(10)12)11-13-7(5)9(2)3-4-9/h3-4H2,1-2H3,(H2,10,12). The van der Waals surface area contributed by atoms with Crippen LogP contribution in [0.4, 0.5) is 0 Å². The third-order valence-corrected chi connectivity index (χ3v) is 2.71. The first-order chi connectivity index (χ1) is 6.04. The molecular formula is C9H12N2O2. The second kappa shape index (κ2) is 2.34. The van der Waals surface area contributed by atoms with E-state index in [0.29, 0.717) is 0 Å². The number of nitrogens with two attached hydrogens (primary N) is 1. The highest BCUT2D eigenvalue weighted by atomic mass is 16.5. The minimum absolute atomic E-state index is 0.102. The summed E-state index contributed by atoms with van der Waals surface area (Å²) in [5.74, 6) is 0.304. The van der Waals surface area contributed by atoms with E-state index in [1.54, 1.807) is 0 Å². The Morgan fingerprint density at radius 3 is 2.62 bits per heavy atom. The highest BCUT2D eigenvalue weighted by Crippen LogP contribution is 2.49. The van der Waals surface area contributed by atoms with E-state index < -0.39 is 5.91 Å². The summed E-state index contributed by atoms with van der Waals surface area (Å²) in [6.07, 6.45) is 2.20. The van der Waals surface area contributed by atoms with Crippen LogP contribution in [-0.2, 0) is 5.41 Å². The van der Waals surface area contributed by atoms with E-state index in [1.807, 2.05) is 6.92 Å². The molecule has 70 valence electrons. The zero-order valence-electron chi connectivity index (χ0n) is 7.76. The molecule has 0 atom stereocenters. The molecule has 13 heavy (non-hydrogen) atoms. The summed E-state index contributed by atoms with van der Waals surface area (Å²) in [6, 6.07) is 0. The first-order valence-electron chi connectivity index (χ1n) is 4.31. The van der Waals surface area contributed by atoms with E-state index in [2.05, 4.69) is 12.1 Å². The molecule has 1 aromatic rings. The SMILES string of the molecule is Cc1c(C(N)=O)noc1C1(C)CC1. The van der Waals surface area contributed by atoms with Gasteiger partial charge in [0.15, 0.2) is 5.69 Å². The number of primary amides is 1. The van der Waals surface area contributed by atoms with Gasteiger partial charge in [-0.1, -0.05) is 12.1 Å². The molecule has 1 heterocycles. The van der Waals surface area contributed by atoms with Crippen molar-refractivity contribution in [1.82, 2.24) is 5.16 Å². The van der Waals surface area contributed by atoms with Crippen LogP contribution in [0.25, 0.3) is 0 Å². The Hall–Kier alpha value is -1.32. The first-order valence-corrected chi connectivity index (χ1v) is 4.31. The zero-order chi connectivity index (χ0) is 9.64. The number of carbonyl (C=O) groups excluding carboxylic acids is 1. The molecule has 0 aromatic carbocycles. The van der Waals surface area contributed by atoms with Gasteiger partial charge in [-0.25, -0.2) is 0 Å². The summed E-state index contributed by atoms with van der Waals surface area (Å²) in [6.45, 7) is 3.93. The number of carbonyl (C=O) groups is 1. The number of rotatable bonds is 2. The lowest BCUT2D eigenvalue weighted by Crippen LogP contribution is -2.13. The minimum Gasteiger partial charge on any atom is -0.364 e. The predicted molar refractivity (Wildman–Crippen MR) is 46.3 cm³/mol. The van der Waals surface area contributed by atoms with Gasteiger partial charge in [0.2, 0.25) is 0 Å². The van der Waals surface area contributed by atoms with Crippen molar-refractivity contribution in [3.05, 3.63) is 17.0 Å². The van der Waals surface area contributed by atoms with Gasteiger partial charge in [0, 0.05) is 11.0 Å². The zero-order valence-corrected chi connectivity index (χ0v) is 7.76. The Balaban J connectivity index is 2.44. The summed E-state index contributed by atoms with van der Waals surface area (Å²) < 4.78 is 5.13. The lowest BCUT2D eigenvalue weighted by molar-refractivity contribution is 0.0991. The van der Waals surface area contributed by atoms with Gasteiger partial charge in [-0.05, 0) is 19.8 Å². The average Bonchev–Trinajstić information content (AvgIpc) is 2.63. The van der Waals surface area contributed by atoms with Crippen LogP contribution in [0.3, 0.4) is 0 Å². The maximum atomic E-state index is 10.9. The monoisotopic (exact) mass is 180 g/mol. The van der Waals surface area contributed by atoms with E-state index in [4.69, 9.17) is 10.3 Å². The van der Waals surface area contributed by atoms with Gasteiger partial charge in [0.25, 0.3) is 5.91 Å². The molecule has 2 rings (SSSR count). The molecule has 0 spiro atoms. The molecule has 1 fully saturated rings. The number of hydrogen-bond donors (Lipinski definition) is 1. The van der Waals surface area contributed by atoms with Gasteiger partial charge in [0.1, 0.15) is 5.76 Å². The molecule has 0 aliphatic heterocycles. The normalized spacial score (nSPS) is 18.6. The lowest BCUT2D eigenvalue weighted by Gasteiger charge is -2.02. The molecule has 0 bridgehead atoms. The topological polar surface area (TPSA) is 69.1 Å². The number of hydrogen-bond acceptors (Lipinski definition) is 3. The molecule has 2 N–H and O–H groups in total. The van der Waals surface area contributed by atoms with Crippen LogP contribution in [-0.4, -0.2) is 11.1 Å². The van der Waals surface area contributed by atoms with Crippen LogP contribution < -0.4 is 5.73 Å².